The zero-order valence-corrected chi connectivity index (χ0v) is 12.5. The molecule has 4 nitrogen and oxygen atoms in total. The highest BCUT2D eigenvalue weighted by atomic mass is 19.1. The molecule has 0 fully saturated rings. The largest absolute Gasteiger partial charge is 0.496 e. The van der Waals surface area contributed by atoms with E-state index in [1.165, 1.54) is 19.2 Å². The molecule has 0 aliphatic carbocycles. The number of ether oxygens (including phenoxy) is 1. The molecule has 5 heteroatoms. The van der Waals surface area contributed by atoms with Gasteiger partial charge in [-0.1, -0.05) is 24.3 Å². The van der Waals surface area contributed by atoms with Gasteiger partial charge in [-0.15, -0.1) is 0 Å². The smallest absolute Gasteiger partial charge is 0.251 e. The van der Waals surface area contributed by atoms with E-state index >= 15 is 0 Å². The molecule has 0 aromatic heterocycles. The second-order valence-corrected chi connectivity index (χ2v) is 4.93. The lowest BCUT2D eigenvalue weighted by atomic mass is 10.1. The Hall–Kier alpha value is -2.40. The highest BCUT2D eigenvalue weighted by Gasteiger charge is 2.14. The van der Waals surface area contributed by atoms with Crippen LogP contribution in [0.25, 0.3) is 0 Å². The maximum atomic E-state index is 13.5. The normalized spacial score (nSPS) is 11.8. The predicted octanol–water partition coefficient (Wildman–Crippen LogP) is 2.61. The molecule has 2 rings (SSSR count). The van der Waals surface area contributed by atoms with Crippen molar-refractivity contribution in [2.75, 3.05) is 13.7 Å². The number of carbonyl (C=O) groups is 1. The third-order valence-electron chi connectivity index (χ3n) is 3.39. The number of aliphatic hydroxyl groups is 1. The van der Waals surface area contributed by atoms with Crippen molar-refractivity contribution in [3.63, 3.8) is 0 Å². The summed E-state index contributed by atoms with van der Waals surface area (Å²) in [7, 11) is 1.53. The van der Waals surface area contributed by atoms with Gasteiger partial charge < -0.3 is 15.2 Å². The fourth-order valence-electron chi connectivity index (χ4n) is 2.11. The monoisotopic (exact) mass is 303 g/mol. The average Bonchev–Trinajstić information content (AvgIpc) is 2.53. The van der Waals surface area contributed by atoms with E-state index in [0.29, 0.717) is 11.3 Å². The minimum atomic E-state index is -1.10. The summed E-state index contributed by atoms with van der Waals surface area (Å²) in [4.78, 5) is 12.1. The average molecular weight is 303 g/mol. The van der Waals surface area contributed by atoms with Crippen LogP contribution in [0, 0.1) is 12.7 Å². The number of benzene rings is 2. The molecule has 2 aromatic rings. The van der Waals surface area contributed by atoms with E-state index in [9.17, 15) is 14.3 Å². The maximum Gasteiger partial charge on any atom is 0.251 e. The van der Waals surface area contributed by atoms with E-state index in [4.69, 9.17) is 4.74 Å². The number of halogens is 1. The van der Waals surface area contributed by atoms with Gasteiger partial charge in [0.15, 0.2) is 0 Å². The zero-order chi connectivity index (χ0) is 16.1. The predicted molar refractivity (Wildman–Crippen MR) is 81.4 cm³/mol. The van der Waals surface area contributed by atoms with Crippen molar-refractivity contribution in [1.29, 1.82) is 0 Å². The fraction of sp³-hybridized carbons (Fsp3) is 0.235. The van der Waals surface area contributed by atoms with Crippen molar-refractivity contribution in [2.24, 2.45) is 0 Å². The Labute approximate surface area is 128 Å². The van der Waals surface area contributed by atoms with E-state index in [-0.39, 0.29) is 18.0 Å². The summed E-state index contributed by atoms with van der Waals surface area (Å²) in [6.45, 7) is 1.80. The number of hydrogen-bond acceptors (Lipinski definition) is 3. The van der Waals surface area contributed by atoms with E-state index in [1.807, 2.05) is 6.92 Å². The number of aliphatic hydroxyl groups excluding tert-OH is 1. The number of carbonyl (C=O) groups excluding carboxylic acids is 1. The third kappa shape index (κ3) is 3.62. The Bertz CT molecular complexity index is 673. The van der Waals surface area contributed by atoms with E-state index in [2.05, 4.69) is 5.32 Å². The molecule has 22 heavy (non-hydrogen) atoms. The molecule has 2 N–H and O–H groups in total. The van der Waals surface area contributed by atoms with Gasteiger partial charge >= 0.3 is 0 Å². The van der Waals surface area contributed by atoms with Gasteiger partial charge in [-0.3, -0.25) is 4.79 Å². The maximum absolute atomic E-state index is 13.5. The molecule has 0 saturated carbocycles. The van der Waals surface area contributed by atoms with E-state index in [1.54, 1.807) is 30.3 Å². The standard InChI is InChI=1S/C17H18FNO3/c1-11-7-8-12(9-16(11)22-2)17(21)19-10-15(20)13-5-3-4-6-14(13)18/h3-9,15,20H,10H2,1-2H3,(H,19,21). The quantitative estimate of drug-likeness (QED) is 0.892. The Morgan fingerprint density at radius 2 is 2.05 bits per heavy atom. The molecule has 0 aliphatic rings. The van der Waals surface area contributed by atoms with Crippen LogP contribution in [-0.2, 0) is 0 Å². The van der Waals surface area contributed by atoms with Gasteiger partial charge in [-0.25, -0.2) is 4.39 Å². The van der Waals surface area contributed by atoms with Gasteiger partial charge in [0.2, 0.25) is 0 Å². The number of hydrogen-bond donors (Lipinski definition) is 2. The van der Waals surface area contributed by atoms with Gasteiger partial charge in [0.1, 0.15) is 11.6 Å². The number of methoxy groups -OCH3 is 1. The van der Waals surface area contributed by atoms with Gasteiger partial charge in [0.05, 0.1) is 13.2 Å². The third-order valence-corrected chi connectivity index (χ3v) is 3.39. The van der Waals surface area contributed by atoms with Crippen molar-refractivity contribution in [1.82, 2.24) is 5.32 Å². The molecule has 0 heterocycles. The summed E-state index contributed by atoms with van der Waals surface area (Å²) in [6.07, 6.45) is -1.10. The molecular weight excluding hydrogens is 285 g/mol. The molecule has 0 spiro atoms. The molecule has 2 aromatic carbocycles. The molecule has 0 radical (unpaired) electrons. The second-order valence-electron chi connectivity index (χ2n) is 4.93. The van der Waals surface area contributed by atoms with E-state index < -0.39 is 11.9 Å². The van der Waals surface area contributed by atoms with Crippen LogP contribution in [0.15, 0.2) is 42.5 Å². The number of amides is 1. The van der Waals surface area contributed by atoms with Crippen LogP contribution in [0.4, 0.5) is 4.39 Å². The topological polar surface area (TPSA) is 58.6 Å². The Morgan fingerprint density at radius 3 is 2.73 bits per heavy atom. The van der Waals surface area contributed by atoms with Gasteiger partial charge in [0.25, 0.3) is 5.91 Å². The molecule has 1 amide bonds. The fourth-order valence-corrected chi connectivity index (χ4v) is 2.11. The molecule has 116 valence electrons. The second kappa shape index (κ2) is 7.04. The minimum absolute atomic E-state index is 0.0735. The first-order valence-corrected chi connectivity index (χ1v) is 6.88. The lowest BCUT2D eigenvalue weighted by Crippen LogP contribution is -2.28. The Kier molecular flexibility index (Phi) is 5.12. The van der Waals surface area contributed by atoms with Crippen LogP contribution in [0.3, 0.4) is 0 Å². The SMILES string of the molecule is COc1cc(C(=O)NCC(O)c2ccccc2F)ccc1C. The first-order valence-electron chi connectivity index (χ1n) is 6.88. The lowest BCUT2D eigenvalue weighted by molar-refractivity contribution is 0.0913. The molecular formula is C17H18FNO3. The highest BCUT2D eigenvalue weighted by Crippen LogP contribution is 2.19. The molecule has 1 atom stereocenters. The van der Waals surface area contributed by atoms with Crippen LogP contribution in [0.1, 0.15) is 27.6 Å². The van der Waals surface area contributed by atoms with Gasteiger partial charge in [-0.05, 0) is 30.7 Å². The van der Waals surface area contributed by atoms with Crippen molar-refractivity contribution in [3.8, 4) is 5.75 Å². The van der Waals surface area contributed by atoms with Crippen LogP contribution in [-0.4, -0.2) is 24.7 Å². The van der Waals surface area contributed by atoms with Crippen molar-refractivity contribution in [3.05, 3.63) is 65.0 Å². The first-order chi connectivity index (χ1) is 10.5. The molecule has 1 unspecified atom stereocenters. The highest BCUT2D eigenvalue weighted by molar-refractivity contribution is 5.94. The van der Waals surface area contributed by atoms with Crippen molar-refractivity contribution in [2.45, 2.75) is 13.0 Å². The summed E-state index contributed by atoms with van der Waals surface area (Å²) < 4.78 is 18.7. The van der Waals surface area contributed by atoms with Crippen molar-refractivity contribution >= 4 is 5.91 Å². The minimum Gasteiger partial charge on any atom is -0.496 e. The van der Waals surface area contributed by atoms with Gasteiger partial charge in [0, 0.05) is 17.7 Å². The molecule has 0 aliphatic heterocycles. The number of nitrogens with one attached hydrogen (secondary N) is 1. The van der Waals surface area contributed by atoms with Crippen molar-refractivity contribution < 1.29 is 19.0 Å². The Balaban J connectivity index is 2.02. The lowest BCUT2D eigenvalue weighted by Gasteiger charge is -2.13. The summed E-state index contributed by atoms with van der Waals surface area (Å²) in [5.41, 5.74) is 1.50. The summed E-state index contributed by atoms with van der Waals surface area (Å²) >= 11 is 0. The number of aryl methyl sites for hydroxylation is 1. The van der Waals surface area contributed by atoms with Crippen LogP contribution in [0.2, 0.25) is 0 Å². The van der Waals surface area contributed by atoms with Crippen LogP contribution in [0.5, 0.6) is 5.75 Å². The zero-order valence-electron chi connectivity index (χ0n) is 12.5. The van der Waals surface area contributed by atoms with Crippen LogP contribution < -0.4 is 10.1 Å². The van der Waals surface area contributed by atoms with E-state index in [0.717, 1.165) is 5.56 Å². The molecule has 0 bridgehead atoms. The summed E-state index contributed by atoms with van der Waals surface area (Å²) in [5.74, 6) is -0.239. The van der Waals surface area contributed by atoms with Gasteiger partial charge in [-0.2, -0.15) is 0 Å². The Morgan fingerprint density at radius 1 is 1.32 bits per heavy atom. The summed E-state index contributed by atoms with van der Waals surface area (Å²) in [6, 6.07) is 11.0. The molecule has 0 saturated heterocycles. The number of rotatable bonds is 5. The first kappa shape index (κ1) is 16.0. The van der Waals surface area contributed by atoms with Crippen LogP contribution >= 0.6 is 0 Å². The summed E-state index contributed by atoms with van der Waals surface area (Å²) in [5, 5.41) is 12.5.